The van der Waals surface area contributed by atoms with Crippen LogP contribution >= 0.6 is 0 Å². The van der Waals surface area contributed by atoms with Crippen molar-refractivity contribution in [3.8, 4) is 0 Å². The van der Waals surface area contributed by atoms with Gasteiger partial charge in [-0.2, -0.15) is 0 Å². The second-order valence-corrected chi connectivity index (χ2v) is 5.79. The summed E-state index contributed by atoms with van der Waals surface area (Å²) in [7, 11) is 0. The Kier molecular flexibility index (Phi) is 5.52. The maximum Gasteiger partial charge on any atom is 0.0705 e. The summed E-state index contributed by atoms with van der Waals surface area (Å²) < 4.78 is 0. The van der Waals surface area contributed by atoms with Gasteiger partial charge in [0.05, 0.1) is 11.0 Å². The van der Waals surface area contributed by atoms with Gasteiger partial charge in [0.15, 0.2) is 0 Å². The number of aromatic nitrogens is 2. The van der Waals surface area contributed by atoms with Crippen molar-refractivity contribution in [1.29, 1.82) is 0 Å². The lowest BCUT2D eigenvalue weighted by Crippen LogP contribution is -1.89. The molecule has 0 aliphatic heterocycles. The van der Waals surface area contributed by atoms with Gasteiger partial charge >= 0.3 is 0 Å². The largest absolute Gasteiger partial charge is 0.256 e. The highest BCUT2D eigenvalue weighted by atomic mass is 14.7. The quantitative estimate of drug-likeness (QED) is 0.476. The van der Waals surface area contributed by atoms with Crippen LogP contribution in [0.25, 0.3) is 21.8 Å². The maximum absolute atomic E-state index is 4.61. The Hall–Kier alpha value is -2.74. The number of rotatable bonds is 3. The van der Waals surface area contributed by atoms with Gasteiger partial charge in [-0.25, -0.2) is 0 Å². The standard InChI is InChI=1S/C13H15N.C9H7N/c1-2-3-7-12-10-9-11-6-4-5-8-13(11)14-12;1-2-6-9-8(4-1)5-3-7-10-9/h4-6,8-10H,2-3,7H2,1H3;1-7H. The van der Waals surface area contributed by atoms with Gasteiger partial charge in [0.25, 0.3) is 0 Å². The number of fused-ring (bicyclic) bond motifs is 2. The van der Waals surface area contributed by atoms with Gasteiger partial charge < -0.3 is 0 Å². The molecule has 0 N–H and O–H groups in total. The Morgan fingerprint density at radius 3 is 2.12 bits per heavy atom. The van der Waals surface area contributed by atoms with Gasteiger partial charge in [0.1, 0.15) is 0 Å². The lowest BCUT2D eigenvalue weighted by Gasteiger charge is -2.01. The Bertz CT molecular complexity index is 850. The zero-order chi connectivity index (χ0) is 16.6. The molecule has 0 unspecified atom stereocenters. The van der Waals surface area contributed by atoms with Gasteiger partial charge in [-0.1, -0.05) is 61.9 Å². The summed E-state index contributed by atoms with van der Waals surface area (Å²) in [5.74, 6) is 0. The van der Waals surface area contributed by atoms with Crippen LogP contribution in [0.5, 0.6) is 0 Å². The third-order valence-electron chi connectivity index (χ3n) is 3.95. The summed E-state index contributed by atoms with van der Waals surface area (Å²) >= 11 is 0. The van der Waals surface area contributed by atoms with Gasteiger partial charge in [-0.3, -0.25) is 9.97 Å². The first-order valence-electron chi connectivity index (χ1n) is 8.51. The van der Waals surface area contributed by atoms with Gasteiger partial charge in [-0.15, -0.1) is 0 Å². The van der Waals surface area contributed by atoms with Gasteiger partial charge in [0, 0.05) is 22.7 Å². The number of para-hydroxylation sites is 2. The number of unbranched alkanes of at least 4 members (excludes halogenated alkanes) is 1. The van der Waals surface area contributed by atoms with Crippen LogP contribution in [0.2, 0.25) is 0 Å². The molecule has 0 radical (unpaired) electrons. The molecule has 4 rings (SSSR count). The van der Waals surface area contributed by atoms with Crippen LogP contribution in [0.15, 0.2) is 79.0 Å². The van der Waals surface area contributed by atoms with Gasteiger partial charge in [0.2, 0.25) is 0 Å². The van der Waals surface area contributed by atoms with Crippen LogP contribution < -0.4 is 0 Å². The summed E-state index contributed by atoms with van der Waals surface area (Å²) in [5, 5.41) is 2.43. The first-order valence-corrected chi connectivity index (χ1v) is 8.51. The number of nitrogens with zero attached hydrogens (tertiary/aromatic N) is 2. The fourth-order valence-electron chi connectivity index (χ4n) is 2.62. The maximum atomic E-state index is 4.61. The zero-order valence-corrected chi connectivity index (χ0v) is 14.0. The van der Waals surface area contributed by atoms with Crippen molar-refractivity contribution in [3.05, 3.63) is 84.7 Å². The van der Waals surface area contributed by atoms with Crippen molar-refractivity contribution >= 4 is 21.8 Å². The molecule has 0 aliphatic rings. The Morgan fingerprint density at radius 2 is 1.38 bits per heavy atom. The van der Waals surface area contributed by atoms with E-state index in [0.717, 1.165) is 17.5 Å². The first kappa shape index (κ1) is 16.1. The third-order valence-corrected chi connectivity index (χ3v) is 3.95. The first-order chi connectivity index (χ1) is 11.9. The van der Waals surface area contributed by atoms with E-state index in [1.54, 1.807) is 0 Å². The zero-order valence-electron chi connectivity index (χ0n) is 14.0. The van der Waals surface area contributed by atoms with Crippen molar-refractivity contribution in [2.24, 2.45) is 0 Å². The predicted molar refractivity (Wildman–Crippen MR) is 102 cm³/mol. The van der Waals surface area contributed by atoms with E-state index in [4.69, 9.17) is 0 Å². The molecule has 24 heavy (non-hydrogen) atoms. The second kappa shape index (κ2) is 8.21. The Balaban J connectivity index is 0.000000149. The van der Waals surface area contributed by atoms with Crippen molar-refractivity contribution < 1.29 is 0 Å². The number of hydrogen-bond acceptors (Lipinski definition) is 2. The highest BCUT2D eigenvalue weighted by Gasteiger charge is 1.96. The van der Waals surface area contributed by atoms with Crippen LogP contribution in [0.4, 0.5) is 0 Å². The molecule has 0 saturated carbocycles. The molecule has 0 saturated heterocycles. The molecule has 0 bridgehead atoms. The topological polar surface area (TPSA) is 25.8 Å². The van der Waals surface area contributed by atoms with E-state index in [1.165, 1.54) is 29.3 Å². The van der Waals surface area contributed by atoms with E-state index in [1.807, 2.05) is 36.5 Å². The molecular weight excluding hydrogens is 292 g/mol. The van der Waals surface area contributed by atoms with Crippen LogP contribution in [-0.4, -0.2) is 9.97 Å². The number of aryl methyl sites for hydroxylation is 1. The molecule has 2 aromatic heterocycles. The molecule has 0 aliphatic carbocycles. The molecule has 0 amide bonds. The summed E-state index contributed by atoms with van der Waals surface area (Å²) in [5.41, 5.74) is 3.39. The highest BCUT2D eigenvalue weighted by Crippen LogP contribution is 2.13. The molecule has 120 valence electrons. The van der Waals surface area contributed by atoms with E-state index in [2.05, 4.69) is 59.4 Å². The average molecular weight is 314 g/mol. The highest BCUT2D eigenvalue weighted by molar-refractivity contribution is 5.78. The monoisotopic (exact) mass is 314 g/mol. The molecule has 4 aromatic rings. The summed E-state index contributed by atoms with van der Waals surface area (Å²) in [6.45, 7) is 2.21. The second-order valence-electron chi connectivity index (χ2n) is 5.79. The van der Waals surface area contributed by atoms with Crippen LogP contribution in [0.1, 0.15) is 25.5 Å². The minimum Gasteiger partial charge on any atom is -0.256 e. The van der Waals surface area contributed by atoms with E-state index < -0.39 is 0 Å². The molecule has 2 heteroatoms. The molecular formula is C22H22N2. The van der Waals surface area contributed by atoms with Crippen LogP contribution in [0.3, 0.4) is 0 Å². The Labute approximate surface area is 143 Å². The molecule has 2 aromatic carbocycles. The summed E-state index contributed by atoms with van der Waals surface area (Å²) in [6.07, 6.45) is 5.36. The van der Waals surface area contributed by atoms with Crippen LogP contribution in [-0.2, 0) is 6.42 Å². The van der Waals surface area contributed by atoms with Crippen molar-refractivity contribution in [2.75, 3.05) is 0 Å². The fraction of sp³-hybridized carbons (Fsp3) is 0.182. The number of benzene rings is 2. The number of pyridine rings is 2. The average Bonchev–Trinajstić information content (AvgIpc) is 2.67. The predicted octanol–water partition coefficient (Wildman–Crippen LogP) is 5.81. The van der Waals surface area contributed by atoms with Crippen molar-refractivity contribution in [2.45, 2.75) is 26.2 Å². The van der Waals surface area contributed by atoms with Crippen molar-refractivity contribution in [1.82, 2.24) is 9.97 Å². The van der Waals surface area contributed by atoms with E-state index in [9.17, 15) is 0 Å². The normalized spacial score (nSPS) is 10.4. The summed E-state index contributed by atoms with van der Waals surface area (Å²) in [4.78, 5) is 8.79. The van der Waals surface area contributed by atoms with E-state index in [-0.39, 0.29) is 0 Å². The fourth-order valence-corrected chi connectivity index (χ4v) is 2.62. The molecule has 0 atom stereocenters. The molecule has 0 spiro atoms. The smallest absolute Gasteiger partial charge is 0.0705 e. The Morgan fingerprint density at radius 1 is 0.708 bits per heavy atom. The molecule has 2 heterocycles. The summed E-state index contributed by atoms with van der Waals surface area (Å²) in [6, 6.07) is 24.7. The minimum atomic E-state index is 1.06. The minimum absolute atomic E-state index is 1.06. The van der Waals surface area contributed by atoms with Gasteiger partial charge in [-0.05, 0) is 37.1 Å². The van der Waals surface area contributed by atoms with E-state index >= 15 is 0 Å². The van der Waals surface area contributed by atoms with Crippen molar-refractivity contribution in [3.63, 3.8) is 0 Å². The third kappa shape index (κ3) is 4.17. The van der Waals surface area contributed by atoms with Crippen LogP contribution in [0, 0.1) is 0 Å². The lowest BCUT2D eigenvalue weighted by atomic mass is 10.1. The number of hydrogen-bond donors (Lipinski definition) is 0. The van der Waals surface area contributed by atoms with E-state index in [0.29, 0.717) is 0 Å². The molecule has 2 nitrogen and oxygen atoms in total. The lowest BCUT2D eigenvalue weighted by molar-refractivity contribution is 0.780. The SMILES string of the molecule is CCCCc1ccc2ccccc2n1.c1ccc2ncccc2c1. The molecule has 0 fully saturated rings.